The van der Waals surface area contributed by atoms with Gasteiger partial charge in [0.05, 0.1) is 24.2 Å². The van der Waals surface area contributed by atoms with Crippen LogP contribution in [-0.2, 0) is 4.74 Å². The molecule has 2 aromatic heterocycles. The number of amides is 1. The van der Waals surface area contributed by atoms with E-state index in [-0.39, 0.29) is 29.5 Å². The van der Waals surface area contributed by atoms with Gasteiger partial charge in [0.25, 0.3) is 11.5 Å². The van der Waals surface area contributed by atoms with Gasteiger partial charge >= 0.3 is 5.97 Å². The minimum absolute atomic E-state index is 0.0658. The lowest BCUT2D eigenvalue weighted by Crippen LogP contribution is -2.49. The maximum absolute atomic E-state index is 12.8. The molecule has 0 radical (unpaired) electrons. The van der Waals surface area contributed by atoms with E-state index in [1.54, 1.807) is 48.2 Å². The van der Waals surface area contributed by atoms with Crippen molar-refractivity contribution in [3.63, 3.8) is 0 Å². The number of piperazine rings is 1. The van der Waals surface area contributed by atoms with Crippen LogP contribution in [0, 0.1) is 0 Å². The predicted molar refractivity (Wildman–Crippen MR) is 113 cm³/mol. The summed E-state index contributed by atoms with van der Waals surface area (Å²) in [4.78, 5) is 41.5. The topological polar surface area (TPSA) is 97.9 Å². The number of rotatable bonds is 5. The molecule has 0 N–H and O–H groups in total. The van der Waals surface area contributed by atoms with Gasteiger partial charge in [-0.1, -0.05) is 18.2 Å². The van der Waals surface area contributed by atoms with Crippen molar-refractivity contribution in [2.75, 3.05) is 37.7 Å². The van der Waals surface area contributed by atoms with Crippen LogP contribution in [0.3, 0.4) is 0 Å². The van der Waals surface area contributed by atoms with Crippen molar-refractivity contribution in [1.82, 2.24) is 14.7 Å². The summed E-state index contributed by atoms with van der Waals surface area (Å²) < 4.78 is 11.6. The molecule has 3 heterocycles. The van der Waals surface area contributed by atoms with E-state index in [1.807, 2.05) is 11.0 Å². The molecule has 9 heteroatoms. The standard InChI is InChI=1S/C22H22N4O5/c1-2-30-22(29)20-17(15-19(27)26(23-20)16-7-4-3-5-8-16)24-10-12-25(13-11-24)21(28)18-9-6-14-31-18/h3-9,14-15H,2,10-13H2,1H3. The van der Waals surface area contributed by atoms with Crippen LogP contribution in [0.2, 0.25) is 0 Å². The fourth-order valence-electron chi connectivity index (χ4n) is 3.49. The summed E-state index contributed by atoms with van der Waals surface area (Å²) >= 11 is 0. The third-order valence-electron chi connectivity index (χ3n) is 5.02. The van der Waals surface area contributed by atoms with Crippen LogP contribution in [0.4, 0.5) is 5.69 Å². The molecular formula is C22H22N4O5. The van der Waals surface area contributed by atoms with Gasteiger partial charge in [-0.05, 0) is 31.2 Å². The van der Waals surface area contributed by atoms with Crippen LogP contribution < -0.4 is 10.5 Å². The lowest BCUT2D eigenvalue weighted by atomic mass is 10.2. The Hall–Kier alpha value is -3.88. The van der Waals surface area contributed by atoms with E-state index in [4.69, 9.17) is 9.15 Å². The highest BCUT2D eigenvalue weighted by atomic mass is 16.5. The van der Waals surface area contributed by atoms with Crippen LogP contribution in [0.15, 0.2) is 64.0 Å². The molecule has 1 saturated heterocycles. The number of aromatic nitrogens is 2. The van der Waals surface area contributed by atoms with Gasteiger partial charge < -0.3 is 19.0 Å². The summed E-state index contributed by atoms with van der Waals surface area (Å²) in [6, 6.07) is 13.6. The van der Waals surface area contributed by atoms with Crippen molar-refractivity contribution in [1.29, 1.82) is 0 Å². The largest absolute Gasteiger partial charge is 0.461 e. The number of nitrogens with zero attached hydrogens (tertiary/aromatic N) is 4. The van der Waals surface area contributed by atoms with Crippen LogP contribution >= 0.6 is 0 Å². The quantitative estimate of drug-likeness (QED) is 0.580. The molecule has 3 aromatic rings. The van der Waals surface area contributed by atoms with Gasteiger partial charge in [-0.25, -0.2) is 4.79 Å². The molecular weight excluding hydrogens is 400 g/mol. The maximum atomic E-state index is 12.8. The molecule has 31 heavy (non-hydrogen) atoms. The normalized spacial score (nSPS) is 13.8. The van der Waals surface area contributed by atoms with Gasteiger partial charge in [-0.3, -0.25) is 9.59 Å². The number of hydrogen-bond donors (Lipinski definition) is 0. The third kappa shape index (κ3) is 4.20. The Bertz CT molecular complexity index is 1120. The molecule has 9 nitrogen and oxygen atoms in total. The average molecular weight is 422 g/mol. The highest BCUT2D eigenvalue weighted by Gasteiger charge is 2.28. The second-order valence-corrected chi connectivity index (χ2v) is 6.94. The predicted octanol–water partition coefficient (Wildman–Crippen LogP) is 1.96. The number of furan rings is 1. The number of carbonyl (C=O) groups is 2. The number of carbonyl (C=O) groups excluding carboxylic acids is 2. The summed E-state index contributed by atoms with van der Waals surface area (Å²) in [6.07, 6.45) is 1.46. The van der Waals surface area contributed by atoms with Gasteiger partial charge in [0.1, 0.15) is 0 Å². The van der Waals surface area contributed by atoms with Crippen LogP contribution in [0.25, 0.3) is 5.69 Å². The van der Waals surface area contributed by atoms with Crippen LogP contribution in [-0.4, -0.2) is 59.3 Å². The second kappa shape index (κ2) is 8.86. The fourth-order valence-corrected chi connectivity index (χ4v) is 3.49. The molecule has 0 spiro atoms. The fraction of sp³-hybridized carbons (Fsp3) is 0.273. The van der Waals surface area contributed by atoms with Gasteiger partial charge in [-0.2, -0.15) is 9.78 Å². The highest BCUT2D eigenvalue weighted by Crippen LogP contribution is 2.21. The van der Waals surface area contributed by atoms with E-state index in [0.29, 0.717) is 37.6 Å². The summed E-state index contributed by atoms with van der Waals surface area (Å²) in [6.45, 7) is 3.62. The molecule has 0 aliphatic carbocycles. The highest BCUT2D eigenvalue weighted by molar-refractivity contribution is 5.94. The molecule has 0 unspecified atom stereocenters. The lowest BCUT2D eigenvalue weighted by Gasteiger charge is -2.36. The molecule has 1 amide bonds. The molecule has 4 rings (SSSR count). The van der Waals surface area contributed by atoms with E-state index < -0.39 is 5.97 Å². The molecule has 0 bridgehead atoms. The average Bonchev–Trinajstić information content (AvgIpc) is 3.34. The lowest BCUT2D eigenvalue weighted by molar-refractivity contribution is 0.0516. The number of hydrogen-bond acceptors (Lipinski definition) is 7. The molecule has 1 fully saturated rings. The first kappa shape index (κ1) is 20.4. The second-order valence-electron chi connectivity index (χ2n) is 6.94. The Morgan fingerprint density at radius 1 is 1.06 bits per heavy atom. The summed E-state index contributed by atoms with van der Waals surface area (Å²) in [5, 5.41) is 4.32. The van der Waals surface area contributed by atoms with E-state index in [1.165, 1.54) is 17.0 Å². The number of anilines is 1. The Balaban J connectivity index is 1.62. The van der Waals surface area contributed by atoms with Crippen molar-refractivity contribution in [3.05, 3.63) is 76.6 Å². The van der Waals surface area contributed by atoms with Gasteiger partial charge in [0.2, 0.25) is 0 Å². The first-order valence-corrected chi connectivity index (χ1v) is 10.0. The third-order valence-corrected chi connectivity index (χ3v) is 5.02. The maximum Gasteiger partial charge on any atom is 0.360 e. The molecule has 0 saturated carbocycles. The van der Waals surface area contributed by atoms with Gasteiger partial charge in [-0.15, -0.1) is 0 Å². The van der Waals surface area contributed by atoms with E-state index in [0.717, 1.165) is 0 Å². The summed E-state index contributed by atoms with van der Waals surface area (Å²) in [5.74, 6) is -0.503. The van der Waals surface area contributed by atoms with Gasteiger partial charge in [0, 0.05) is 32.2 Å². The zero-order chi connectivity index (χ0) is 21.8. The van der Waals surface area contributed by atoms with Crippen molar-refractivity contribution in [2.45, 2.75) is 6.92 Å². The zero-order valence-electron chi connectivity index (χ0n) is 17.1. The van der Waals surface area contributed by atoms with Crippen molar-refractivity contribution < 1.29 is 18.7 Å². The Kier molecular flexibility index (Phi) is 5.83. The number of benzene rings is 1. The van der Waals surface area contributed by atoms with E-state index in [2.05, 4.69) is 5.10 Å². The van der Waals surface area contributed by atoms with Gasteiger partial charge in [0.15, 0.2) is 11.5 Å². The molecule has 0 atom stereocenters. The van der Waals surface area contributed by atoms with E-state index in [9.17, 15) is 14.4 Å². The number of esters is 1. The smallest absolute Gasteiger partial charge is 0.360 e. The van der Waals surface area contributed by atoms with Crippen LogP contribution in [0.1, 0.15) is 28.0 Å². The van der Waals surface area contributed by atoms with Crippen molar-refractivity contribution >= 4 is 17.6 Å². The molecule has 1 aromatic carbocycles. The Labute approximate surface area is 178 Å². The van der Waals surface area contributed by atoms with Crippen LogP contribution in [0.5, 0.6) is 0 Å². The Morgan fingerprint density at radius 2 is 1.81 bits per heavy atom. The number of para-hydroxylation sites is 1. The first-order chi connectivity index (χ1) is 15.1. The van der Waals surface area contributed by atoms with Crippen molar-refractivity contribution in [3.8, 4) is 5.69 Å². The zero-order valence-corrected chi connectivity index (χ0v) is 17.1. The Morgan fingerprint density at radius 3 is 2.45 bits per heavy atom. The molecule has 1 aliphatic rings. The SMILES string of the molecule is CCOC(=O)c1nn(-c2ccccc2)c(=O)cc1N1CCN(C(=O)c2ccco2)CC1. The summed E-state index contributed by atoms with van der Waals surface area (Å²) in [7, 11) is 0. The first-order valence-electron chi connectivity index (χ1n) is 10.0. The minimum atomic E-state index is -0.601. The minimum Gasteiger partial charge on any atom is -0.461 e. The van der Waals surface area contributed by atoms with E-state index >= 15 is 0 Å². The van der Waals surface area contributed by atoms with Crippen molar-refractivity contribution in [2.24, 2.45) is 0 Å². The monoisotopic (exact) mass is 422 g/mol. The number of ether oxygens (including phenoxy) is 1. The summed E-state index contributed by atoms with van der Waals surface area (Å²) in [5.41, 5.74) is 0.665. The molecule has 1 aliphatic heterocycles. The molecule has 160 valence electrons.